The van der Waals surface area contributed by atoms with Gasteiger partial charge >= 0.3 is 0 Å². The molecule has 0 radical (unpaired) electrons. The Hall–Kier alpha value is -1.55. The van der Waals surface area contributed by atoms with Gasteiger partial charge in [-0.2, -0.15) is 0 Å². The Kier molecular flexibility index (Phi) is 5.69. The first-order chi connectivity index (χ1) is 10.8. The number of amides is 1. The summed E-state index contributed by atoms with van der Waals surface area (Å²) in [7, 11) is 2.13. The fourth-order valence-electron chi connectivity index (χ4n) is 2.50. The zero-order chi connectivity index (χ0) is 17.0. The van der Waals surface area contributed by atoms with Gasteiger partial charge in [0.1, 0.15) is 5.75 Å². The molecule has 128 valence electrons. The molecule has 1 amide bonds. The maximum absolute atomic E-state index is 11.9. The summed E-state index contributed by atoms with van der Waals surface area (Å²) in [6, 6.07) is 9.03. The highest BCUT2D eigenvalue weighted by molar-refractivity contribution is 5.77. The van der Waals surface area contributed by atoms with Crippen molar-refractivity contribution in [1.29, 1.82) is 0 Å². The molecule has 2 rings (SSSR count). The number of carbonyl (C=O) groups is 1. The van der Waals surface area contributed by atoms with Crippen LogP contribution in [0, 0.1) is 0 Å². The van der Waals surface area contributed by atoms with Gasteiger partial charge in [-0.3, -0.25) is 9.69 Å². The van der Waals surface area contributed by atoms with E-state index in [1.54, 1.807) is 0 Å². The molecule has 1 aliphatic carbocycles. The summed E-state index contributed by atoms with van der Waals surface area (Å²) in [5.41, 5.74) is 1.38. The van der Waals surface area contributed by atoms with Crippen molar-refractivity contribution in [3.8, 4) is 5.75 Å². The number of nitrogens with one attached hydrogen (secondary N) is 1. The molecule has 1 aromatic rings. The minimum atomic E-state index is -0.0686. The summed E-state index contributed by atoms with van der Waals surface area (Å²) in [6.45, 7) is 9.40. The van der Waals surface area contributed by atoms with Crippen molar-refractivity contribution in [2.24, 2.45) is 0 Å². The van der Waals surface area contributed by atoms with Crippen LogP contribution in [0.25, 0.3) is 0 Å². The number of carbonyl (C=O) groups excluding carboxylic acids is 1. The van der Waals surface area contributed by atoms with Crippen LogP contribution in [0.3, 0.4) is 0 Å². The second-order valence-electron chi connectivity index (χ2n) is 7.61. The van der Waals surface area contributed by atoms with Gasteiger partial charge in [-0.15, -0.1) is 0 Å². The van der Waals surface area contributed by atoms with Gasteiger partial charge in [0.05, 0.1) is 0 Å². The third kappa shape index (κ3) is 5.54. The van der Waals surface area contributed by atoms with Crippen LogP contribution in [0.1, 0.15) is 46.1 Å². The summed E-state index contributed by atoms with van der Waals surface area (Å²) in [6.07, 6.45) is 2.56. The van der Waals surface area contributed by atoms with Crippen LogP contribution in [-0.2, 0) is 10.2 Å². The molecule has 0 bridgehead atoms. The van der Waals surface area contributed by atoms with E-state index in [4.69, 9.17) is 4.74 Å². The molecule has 0 heterocycles. The third-order valence-electron chi connectivity index (χ3n) is 4.50. The van der Waals surface area contributed by atoms with E-state index in [1.165, 1.54) is 18.4 Å². The molecule has 0 aromatic heterocycles. The van der Waals surface area contributed by atoms with Crippen LogP contribution in [0.5, 0.6) is 5.75 Å². The predicted molar refractivity (Wildman–Crippen MR) is 93.9 cm³/mol. The highest BCUT2D eigenvalue weighted by Gasteiger charge is 2.29. The Labute approximate surface area is 140 Å². The van der Waals surface area contributed by atoms with E-state index in [1.807, 2.05) is 12.1 Å². The highest BCUT2D eigenvalue weighted by Crippen LogP contribution is 2.26. The lowest BCUT2D eigenvalue weighted by Gasteiger charge is -2.24. The SMILES string of the molecule is CC(CNC(=O)COc1ccc(C(C)(C)C)cc1)N(C)C1CC1. The van der Waals surface area contributed by atoms with E-state index in [0.717, 1.165) is 5.75 Å². The molecule has 1 saturated carbocycles. The summed E-state index contributed by atoms with van der Waals surface area (Å²) in [5, 5.41) is 2.95. The highest BCUT2D eigenvalue weighted by atomic mass is 16.5. The van der Waals surface area contributed by atoms with Gasteiger partial charge in [-0.05, 0) is 49.9 Å². The Morgan fingerprint density at radius 2 is 1.91 bits per heavy atom. The van der Waals surface area contributed by atoms with Crippen molar-refractivity contribution in [3.63, 3.8) is 0 Å². The van der Waals surface area contributed by atoms with E-state index >= 15 is 0 Å². The van der Waals surface area contributed by atoms with Crippen LogP contribution >= 0.6 is 0 Å². The lowest BCUT2D eigenvalue weighted by molar-refractivity contribution is -0.123. The van der Waals surface area contributed by atoms with Crippen molar-refractivity contribution < 1.29 is 9.53 Å². The number of hydrogen-bond donors (Lipinski definition) is 1. The first-order valence-corrected chi connectivity index (χ1v) is 8.49. The molecule has 0 spiro atoms. The topological polar surface area (TPSA) is 41.6 Å². The van der Waals surface area contributed by atoms with Gasteiger partial charge in [0, 0.05) is 18.6 Å². The van der Waals surface area contributed by atoms with Gasteiger partial charge in [0.25, 0.3) is 5.91 Å². The minimum absolute atomic E-state index is 0.0642. The maximum atomic E-state index is 11.9. The van der Waals surface area contributed by atoms with Crippen LogP contribution in [0.15, 0.2) is 24.3 Å². The van der Waals surface area contributed by atoms with Crippen molar-refractivity contribution in [3.05, 3.63) is 29.8 Å². The molecular weight excluding hydrogens is 288 g/mol. The molecule has 4 heteroatoms. The van der Waals surface area contributed by atoms with E-state index < -0.39 is 0 Å². The first-order valence-electron chi connectivity index (χ1n) is 8.49. The summed E-state index contributed by atoms with van der Waals surface area (Å²) >= 11 is 0. The largest absolute Gasteiger partial charge is 0.484 e. The smallest absolute Gasteiger partial charge is 0.257 e. The van der Waals surface area contributed by atoms with Gasteiger partial charge in [0.2, 0.25) is 0 Å². The molecule has 1 aliphatic rings. The Morgan fingerprint density at radius 3 is 2.43 bits per heavy atom. The molecule has 23 heavy (non-hydrogen) atoms. The number of likely N-dealkylation sites (N-methyl/N-ethyl adjacent to an activating group) is 1. The number of rotatable bonds is 7. The second kappa shape index (κ2) is 7.35. The summed E-state index contributed by atoms with van der Waals surface area (Å²) in [4.78, 5) is 14.2. The first kappa shape index (κ1) is 17.8. The monoisotopic (exact) mass is 318 g/mol. The number of ether oxygens (including phenoxy) is 1. The second-order valence-corrected chi connectivity index (χ2v) is 7.61. The summed E-state index contributed by atoms with van der Waals surface area (Å²) in [5.74, 6) is 0.664. The fraction of sp³-hybridized carbons (Fsp3) is 0.632. The lowest BCUT2D eigenvalue weighted by atomic mass is 9.87. The van der Waals surface area contributed by atoms with Crippen molar-refractivity contribution in [2.75, 3.05) is 20.2 Å². The standard InChI is InChI=1S/C19H30N2O2/c1-14(21(5)16-8-9-16)12-20-18(22)13-23-17-10-6-15(7-11-17)19(2,3)4/h6-7,10-11,14,16H,8-9,12-13H2,1-5H3,(H,20,22). The Bertz CT molecular complexity index is 515. The quantitative estimate of drug-likeness (QED) is 0.840. The maximum Gasteiger partial charge on any atom is 0.257 e. The van der Waals surface area contributed by atoms with E-state index in [-0.39, 0.29) is 17.9 Å². The van der Waals surface area contributed by atoms with E-state index in [2.05, 4.69) is 57.1 Å². The molecular formula is C19H30N2O2. The summed E-state index contributed by atoms with van der Waals surface area (Å²) < 4.78 is 5.56. The molecule has 1 aromatic carbocycles. The third-order valence-corrected chi connectivity index (χ3v) is 4.50. The average Bonchev–Trinajstić information content (AvgIpc) is 3.34. The number of benzene rings is 1. The van der Waals surface area contributed by atoms with Gasteiger partial charge in [-0.1, -0.05) is 32.9 Å². The van der Waals surface area contributed by atoms with Crippen molar-refractivity contribution >= 4 is 5.91 Å². The van der Waals surface area contributed by atoms with Crippen molar-refractivity contribution in [2.45, 2.75) is 58.0 Å². The molecule has 4 nitrogen and oxygen atoms in total. The zero-order valence-electron chi connectivity index (χ0n) is 15.1. The normalized spacial score (nSPS) is 16.3. The number of hydrogen-bond acceptors (Lipinski definition) is 3. The van der Waals surface area contributed by atoms with Gasteiger partial charge < -0.3 is 10.1 Å². The van der Waals surface area contributed by atoms with E-state index in [9.17, 15) is 4.79 Å². The Balaban J connectivity index is 1.71. The fourth-order valence-corrected chi connectivity index (χ4v) is 2.50. The van der Waals surface area contributed by atoms with Crippen LogP contribution in [0.4, 0.5) is 0 Å². The molecule has 1 unspecified atom stereocenters. The van der Waals surface area contributed by atoms with Crippen LogP contribution < -0.4 is 10.1 Å². The molecule has 1 fully saturated rings. The lowest BCUT2D eigenvalue weighted by Crippen LogP contribution is -2.42. The average molecular weight is 318 g/mol. The van der Waals surface area contributed by atoms with Gasteiger partial charge in [0.15, 0.2) is 6.61 Å². The van der Waals surface area contributed by atoms with Crippen LogP contribution in [0.2, 0.25) is 0 Å². The van der Waals surface area contributed by atoms with Gasteiger partial charge in [-0.25, -0.2) is 0 Å². The van der Waals surface area contributed by atoms with Crippen molar-refractivity contribution in [1.82, 2.24) is 10.2 Å². The number of nitrogens with zero attached hydrogens (tertiary/aromatic N) is 1. The predicted octanol–water partition coefficient (Wildman–Crippen LogP) is 2.96. The zero-order valence-corrected chi connectivity index (χ0v) is 15.1. The molecule has 0 saturated heterocycles. The minimum Gasteiger partial charge on any atom is -0.484 e. The molecule has 1 atom stereocenters. The van der Waals surface area contributed by atoms with E-state index in [0.29, 0.717) is 18.6 Å². The molecule has 0 aliphatic heterocycles. The Morgan fingerprint density at radius 1 is 1.30 bits per heavy atom. The molecule has 1 N–H and O–H groups in total. The van der Waals surface area contributed by atoms with Crippen LogP contribution in [-0.4, -0.2) is 43.1 Å².